The quantitative estimate of drug-likeness (QED) is 0.678. The number of rotatable bonds is 2. The number of benzene rings is 2. The SMILES string of the molecule is Cc1ccc(C(=S)OC2=NCCS2)cc1-c1ccc2nc(N)ncc2c1. The highest BCUT2D eigenvalue weighted by atomic mass is 32.2. The van der Waals surface area contributed by atoms with Gasteiger partial charge < -0.3 is 10.5 Å². The van der Waals surface area contributed by atoms with E-state index >= 15 is 0 Å². The number of nitrogen functional groups attached to an aromatic ring is 1. The molecule has 1 aliphatic heterocycles. The highest BCUT2D eigenvalue weighted by Gasteiger charge is 2.14. The van der Waals surface area contributed by atoms with Gasteiger partial charge in [-0.05, 0) is 54.0 Å². The van der Waals surface area contributed by atoms with Crippen molar-refractivity contribution >= 4 is 51.1 Å². The van der Waals surface area contributed by atoms with Gasteiger partial charge in [-0.2, -0.15) is 0 Å². The van der Waals surface area contributed by atoms with Gasteiger partial charge in [0.2, 0.25) is 11.0 Å². The van der Waals surface area contributed by atoms with Crippen LogP contribution in [0.3, 0.4) is 0 Å². The Morgan fingerprint density at radius 2 is 2.12 bits per heavy atom. The van der Waals surface area contributed by atoms with Crippen LogP contribution >= 0.6 is 24.0 Å². The summed E-state index contributed by atoms with van der Waals surface area (Å²) in [7, 11) is 0. The van der Waals surface area contributed by atoms with Crippen LogP contribution in [-0.4, -0.2) is 32.5 Å². The van der Waals surface area contributed by atoms with Crippen LogP contribution in [0.15, 0.2) is 47.6 Å². The molecule has 0 amide bonds. The van der Waals surface area contributed by atoms with Crippen molar-refractivity contribution in [3.05, 3.63) is 53.7 Å². The van der Waals surface area contributed by atoms with Crippen LogP contribution < -0.4 is 5.73 Å². The molecule has 0 atom stereocenters. The van der Waals surface area contributed by atoms with Crippen molar-refractivity contribution in [3.8, 4) is 11.1 Å². The first-order valence-electron chi connectivity index (χ1n) is 8.13. The number of aromatic nitrogens is 2. The lowest BCUT2D eigenvalue weighted by atomic mass is 9.97. The Kier molecular flexibility index (Phi) is 4.57. The van der Waals surface area contributed by atoms with E-state index in [-0.39, 0.29) is 5.95 Å². The van der Waals surface area contributed by atoms with Gasteiger partial charge in [0.1, 0.15) is 0 Å². The third kappa shape index (κ3) is 3.40. The molecular formula is C19H16N4OS2. The van der Waals surface area contributed by atoms with Crippen LogP contribution in [0.5, 0.6) is 0 Å². The van der Waals surface area contributed by atoms with E-state index in [9.17, 15) is 0 Å². The first-order valence-corrected chi connectivity index (χ1v) is 9.52. The molecule has 1 aliphatic rings. The van der Waals surface area contributed by atoms with E-state index in [0.717, 1.165) is 45.5 Å². The lowest BCUT2D eigenvalue weighted by Crippen LogP contribution is -2.07. The largest absolute Gasteiger partial charge is 0.421 e. The number of nitrogens with zero attached hydrogens (tertiary/aromatic N) is 3. The number of aryl methyl sites for hydroxylation is 1. The second-order valence-corrected chi connectivity index (χ2v) is 7.33. The summed E-state index contributed by atoms with van der Waals surface area (Å²) in [6.07, 6.45) is 1.74. The molecule has 0 saturated heterocycles. The van der Waals surface area contributed by atoms with Crippen LogP contribution in [0.4, 0.5) is 5.95 Å². The molecule has 130 valence electrons. The summed E-state index contributed by atoms with van der Waals surface area (Å²) in [5, 5.41) is 2.03. The molecule has 0 unspecified atom stereocenters. The van der Waals surface area contributed by atoms with Gasteiger partial charge in [-0.15, -0.1) is 0 Å². The van der Waals surface area contributed by atoms with E-state index in [1.54, 1.807) is 18.0 Å². The summed E-state index contributed by atoms with van der Waals surface area (Å²) >= 11 is 7.04. The Hall–Kier alpha value is -2.51. The summed E-state index contributed by atoms with van der Waals surface area (Å²) in [6, 6.07) is 12.1. The molecule has 7 heteroatoms. The molecule has 2 aromatic carbocycles. The highest BCUT2D eigenvalue weighted by Crippen LogP contribution is 2.28. The Balaban J connectivity index is 1.69. The molecule has 3 aromatic rings. The average molecular weight is 380 g/mol. The van der Waals surface area contributed by atoms with Crippen molar-refractivity contribution in [1.29, 1.82) is 0 Å². The van der Waals surface area contributed by atoms with Crippen molar-refractivity contribution in [2.45, 2.75) is 6.92 Å². The predicted octanol–water partition coefficient (Wildman–Crippen LogP) is 3.98. The highest BCUT2D eigenvalue weighted by molar-refractivity contribution is 8.13. The molecule has 2 N–H and O–H groups in total. The minimum atomic E-state index is 0.277. The fourth-order valence-electron chi connectivity index (χ4n) is 2.79. The lowest BCUT2D eigenvalue weighted by molar-refractivity contribution is 0.577. The van der Waals surface area contributed by atoms with E-state index in [1.165, 1.54) is 0 Å². The fraction of sp³-hybridized carbons (Fsp3) is 0.158. The van der Waals surface area contributed by atoms with Gasteiger partial charge in [0.05, 0.1) is 12.1 Å². The zero-order chi connectivity index (χ0) is 18.1. The molecule has 0 fully saturated rings. The number of anilines is 1. The first-order chi connectivity index (χ1) is 12.6. The summed E-state index contributed by atoms with van der Waals surface area (Å²) in [5.74, 6) is 1.22. The second kappa shape index (κ2) is 7.01. The minimum Gasteiger partial charge on any atom is -0.421 e. The maximum absolute atomic E-state index is 5.72. The van der Waals surface area contributed by atoms with E-state index in [4.69, 9.17) is 22.7 Å². The molecule has 0 spiro atoms. The van der Waals surface area contributed by atoms with Crippen LogP contribution in [0.1, 0.15) is 11.1 Å². The Labute approximate surface area is 160 Å². The second-order valence-electron chi connectivity index (χ2n) is 5.92. The predicted molar refractivity (Wildman–Crippen MR) is 112 cm³/mol. The number of aliphatic imine (C=N–C) groups is 1. The van der Waals surface area contributed by atoms with Gasteiger partial charge in [-0.1, -0.05) is 30.0 Å². The number of hydrogen-bond acceptors (Lipinski definition) is 7. The van der Waals surface area contributed by atoms with Crippen LogP contribution in [0, 0.1) is 6.92 Å². The summed E-state index contributed by atoms with van der Waals surface area (Å²) < 4.78 is 5.72. The Morgan fingerprint density at radius 3 is 2.92 bits per heavy atom. The first kappa shape index (κ1) is 16.9. The third-order valence-corrected chi connectivity index (χ3v) is 5.29. The maximum Gasteiger partial charge on any atom is 0.252 e. The Bertz CT molecular complexity index is 1050. The normalized spacial score (nSPS) is 13.7. The number of ether oxygens (including phenoxy) is 1. The molecule has 0 saturated carbocycles. The molecule has 0 bridgehead atoms. The number of thiocarbonyl (C=S) groups is 1. The molecule has 0 radical (unpaired) electrons. The van der Waals surface area contributed by atoms with Crippen molar-refractivity contribution in [2.24, 2.45) is 4.99 Å². The van der Waals surface area contributed by atoms with Crippen molar-refractivity contribution in [1.82, 2.24) is 9.97 Å². The van der Waals surface area contributed by atoms with Gasteiger partial charge in [-0.3, -0.25) is 0 Å². The number of fused-ring (bicyclic) bond motifs is 1. The zero-order valence-corrected chi connectivity index (χ0v) is 15.7. The third-order valence-electron chi connectivity index (χ3n) is 4.12. The van der Waals surface area contributed by atoms with E-state index in [0.29, 0.717) is 10.3 Å². The molecule has 4 rings (SSSR count). The molecular weight excluding hydrogens is 364 g/mol. The summed E-state index contributed by atoms with van der Waals surface area (Å²) in [6.45, 7) is 2.86. The topological polar surface area (TPSA) is 73.4 Å². The number of thioether (sulfide) groups is 1. The number of hydrogen-bond donors (Lipinski definition) is 1. The Morgan fingerprint density at radius 1 is 1.23 bits per heavy atom. The molecule has 0 aliphatic carbocycles. The maximum atomic E-state index is 5.72. The number of nitrogens with two attached hydrogens (primary N) is 1. The smallest absolute Gasteiger partial charge is 0.252 e. The lowest BCUT2D eigenvalue weighted by Gasteiger charge is -2.11. The van der Waals surface area contributed by atoms with Crippen molar-refractivity contribution < 1.29 is 4.74 Å². The van der Waals surface area contributed by atoms with Gasteiger partial charge in [-0.25, -0.2) is 15.0 Å². The monoisotopic (exact) mass is 380 g/mol. The van der Waals surface area contributed by atoms with Gasteiger partial charge in [0.25, 0.3) is 5.23 Å². The summed E-state index contributed by atoms with van der Waals surface area (Å²) in [4.78, 5) is 12.6. The molecule has 1 aromatic heterocycles. The van der Waals surface area contributed by atoms with Crippen LogP contribution in [-0.2, 0) is 4.74 Å². The molecule has 5 nitrogen and oxygen atoms in total. The van der Waals surface area contributed by atoms with E-state index in [1.807, 2.05) is 24.3 Å². The van der Waals surface area contributed by atoms with Crippen molar-refractivity contribution in [2.75, 3.05) is 18.0 Å². The molecule has 26 heavy (non-hydrogen) atoms. The average Bonchev–Trinajstić information content (AvgIpc) is 3.14. The van der Waals surface area contributed by atoms with Crippen molar-refractivity contribution in [3.63, 3.8) is 0 Å². The summed E-state index contributed by atoms with van der Waals surface area (Å²) in [5.41, 5.74) is 10.7. The fourth-order valence-corrected chi connectivity index (χ4v) is 3.73. The van der Waals surface area contributed by atoms with Crippen LogP contribution in [0.2, 0.25) is 0 Å². The zero-order valence-electron chi connectivity index (χ0n) is 14.1. The molecule has 2 heterocycles. The van der Waals surface area contributed by atoms with Gasteiger partial charge >= 0.3 is 0 Å². The van der Waals surface area contributed by atoms with E-state index < -0.39 is 0 Å². The van der Waals surface area contributed by atoms with E-state index in [2.05, 4.69) is 34.0 Å². The van der Waals surface area contributed by atoms with Crippen LogP contribution in [0.25, 0.3) is 22.0 Å². The van der Waals surface area contributed by atoms with Gasteiger partial charge in [0.15, 0.2) is 0 Å². The minimum absolute atomic E-state index is 0.277. The van der Waals surface area contributed by atoms with Gasteiger partial charge in [0, 0.05) is 22.9 Å². The standard InChI is InChI=1S/C19H16N4OS2/c1-11-2-3-13(17(25)24-19-21-6-7-26-19)9-15(11)12-4-5-16-14(8-12)10-22-18(20)23-16/h2-5,8-10H,6-7H2,1H3,(H2,20,22,23).